The van der Waals surface area contributed by atoms with Crippen LogP contribution in [0.1, 0.15) is 80.1 Å². The Morgan fingerprint density at radius 3 is 1.00 bits per heavy atom. The van der Waals surface area contributed by atoms with Crippen molar-refractivity contribution in [3.63, 3.8) is 0 Å². The fourth-order valence-corrected chi connectivity index (χ4v) is 16.1. The van der Waals surface area contributed by atoms with Gasteiger partial charge in [-0.05, 0) is 0 Å². The molecule has 6 nitrogen and oxygen atoms in total. The third-order valence-electron chi connectivity index (χ3n) is 4.33. The van der Waals surface area contributed by atoms with E-state index in [4.69, 9.17) is 19.9 Å². The maximum atomic E-state index is 6.43. The van der Waals surface area contributed by atoms with Crippen LogP contribution >= 0.6 is 22.5 Å². The molecule has 0 aliphatic heterocycles. The molecular weight excluding hydrogens is 523 g/mol. The van der Waals surface area contributed by atoms with Crippen molar-refractivity contribution in [2.45, 2.75) is 80.1 Å². The van der Waals surface area contributed by atoms with Gasteiger partial charge in [-0.3, -0.25) is 0 Å². The van der Waals surface area contributed by atoms with Crippen molar-refractivity contribution in [2.24, 2.45) is 0 Å². The summed E-state index contributed by atoms with van der Waals surface area (Å²) in [5, 5.41) is 0. The topological polar surface area (TPSA) is 55.4 Å². The number of hydrogen-bond acceptors (Lipinski definition) is 6. The molecule has 10 heteroatoms. The van der Waals surface area contributed by atoms with E-state index in [1.165, 1.54) is 19.4 Å². The van der Waals surface area contributed by atoms with Gasteiger partial charge in [-0.2, -0.15) is 0 Å². The van der Waals surface area contributed by atoms with Crippen LogP contribution < -0.4 is 0 Å². The molecule has 0 aromatic carbocycles. The first-order valence-corrected chi connectivity index (χ1v) is 20.4. The molecule has 172 valence electrons. The molecule has 0 aliphatic rings. The van der Waals surface area contributed by atoms with Crippen LogP contribution in [-0.4, -0.2) is 39.6 Å². The summed E-state index contributed by atoms with van der Waals surface area (Å²) in [5.41, 5.74) is 0. The standard InChI is InChI=1S/3C4H9O.3C2H5O.BrH.ClH.2Ti/c3*1-2-3-4-5;3*1-2-3;;;;/h3*2-4H2,1H3;3*2H2,1H3;2*1H;;/q6*-1;;;+1;+7/p-2. The van der Waals surface area contributed by atoms with Crippen LogP contribution in [0.25, 0.3) is 0 Å². The zero-order chi connectivity index (χ0) is 22.1. The summed E-state index contributed by atoms with van der Waals surface area (Å²) in [6.45, 7) is 13.7. The van der Waals surface area contributed by atoms with Crippen LogP contribution in [0.3, 0.4) is 0 Å². The molecule has 28 heavy (non-hydrogen) atoms. The molecule has 0 radical (unpaired) electrons. The quantitative estimate of drug-likeness (QED) is 0.135. The molecule has 0 aliphatic carbocycles. The van der Waals surface area contributed by atoms with E-state index in [0.29, 0.717) is 19.8 Å². The molecule has 0 saturated heterocycles. The molecule has 0 rings (SSSR count). The second-order valence-corrected chi connectivity index (χ2v) is 22.7. The summed E-state index contributed by atoms with van der Waals surface area (Å²) in [6.07, 6.45) is 5.27. The fourth-order valence-electron chi connectivity index (χ4n) is 3.06. The van der Waals surface area contributed by atoms with E-state index >= 15 is 0 Å². The van der Waals surface area contributed by atoms with Gasteiger partial charge in [0, 0.05) is 0 Å². The van der Waals surface area contributed by atoms with Crippen LogP contribution in [-0.2, 0) is 52.3 Å². The normalized spacial score (nSPS) is 15.6. The monoisotopic (exact) mass is 564 g/mol. The van der Waals surface area contributed by atoms with Gasteiger partial charge in [-0.1, -0.05) is 0 Å². The number of unbranched alkanes of at least 4 members (excludes halogenated alkanes) is 3. The Morgan fingerprint density at radius 1 is 0.571 bits per heavy atom. The minimum atomic E-state index is -6.80. The number of halogens is 2. The van der Waals surface area contributed by atoms with Crippen molar-refractivity contribution in [1.29, 1.82) is 0 Å². The van der Waals surface area contributed by atoms with Crippen molar-refractivity contribution >= 4 is 22.5 Å². The van der Waals surface area contributed by atoms with Gasteiger partial charge in [0.25, 0.3) is 0 Å². The van der Waals surface area contributed by atoms with E-state index in [-0.39, 0.29) is 19.8 Å². The Hall–Kier alpha value is 1.96. The van der Waals surface area contributed by atoms with Gasteiger partial charge in [0.05, 0.1) is 0 Å². The van der Waals surface area contributed by atoms with E-state index in [9.17, 15) is 0 Å². The first kappa shape index (κ1) is 32.1. The van der Waals surface area contributed by atoms with E-state index in [2.05, 4.69) is 43.2 Å². The van der Waals surface area contributed by atoms with Gasteiger partial charge in [-0.25, -0.2) is 0 Å². The van der Waals surface area contributed by atoms with Gasteiger partial charge >= 0.3 is 194 Å². The predicted molar refractivity (Wildman–Crippen MR) is 112 cm³/mol. The Balaban J connectivity index is 0. The van der Waals surface area contributed by atoms with Gasteiger partial charge < -0.3 is 0 Å². The fraction of sp³-hybridized carbons (Fsp3) is 1.00. The predicted octanol–water partition coefficient (Wildman–Crippen LogP) is 6.79. The van der Waals surface area contributed by atoms with Crippen LogP contribution in [0.15, 0.2) is 0 Å². The van der Waals surface area contributed by atoms with Gasteiger partial charge in [0.2, 0.25) is 0 Å². The zero-order valence-electron chi connectivity index (χ0n) is 18.7. The molecule has 0 amide bonds. The Morgan fingerprint density at radius 2 is 0.821 bits per heavy atom. The number of hydrogen-bond donors (Lipinski definition) is 0. The molecule has 0 N–H and O–H groups in total. The van der Waals surface area contributed by atoms with Crippen molar-refractivity contribution in [3.05, 3.63) is 0 Å². The van der Waals surface area contributed by atoms with E-state index < -0.39 is 13.0 Å². The van der Waals surface area contributed by atoms with Crippen LogP contribution in [0.2, 0.25) is 0 Å². The molecule has 0 atom stereocenters. The first-order chi connectivity index (χ1) is 13.2. The summed E-state index contributed by atoms with van der Waals surface area (Å²) in [4.78, 5) is 0. The van der Waals surface area contributed by atoms with Crippen LogP contribution in [0, 0.1) is 0 Å². The van der Waals surface area contributed by atoms with E-state index in [0.717, 1.165) is 38.5 Å². The van der Waals surface area contributed by atoms with Crippen LogP contribution in [0.4, 0.5) is 0 Å². The molecule has 0 bridgehead atoms. The Kier molecular flexibility index (Phi) is 15.5. The van der Waals surface area contributed by atoms with Crippen molar-refractivity contribution < 1.29 is 52.3 Å². The zero-order valence-corrected chi connectivity index (χ0v) is 24.2. The summed E-state index contributed by atoms with van der Waals surface area (Å²) in [7, 11) is 4.64. The third kappa shape index (κ3) is 8.14. The molecule has 0 aromatic rings. The van der Waals surface area contributed by atoms with E-state index in [1.54, 1.807) is 0 Å². The summed E-state index contributed by atoms with van der Waals surface area (Å²) < 4.78 is 38.2. The Bertz CT molecular complexity index is 378. The third-order valence-corrected chi connectivity index (χ3v) is 18.8. The molecule has 0 unspecified atom stereocenters. The molecule has 0 saturated carbocycles. The summed E-state index contributed by atoms with van der Waals surface area (Å²) in [5.74, 6) is 0. The van der Waals surface area contributed by atoms with Gasteiger partial charge in [0.1, 0.15) is 0 Å². The second-order valence-electron chi connectivity index (χ2n) is 6.62. The average Bonchev–Trinajstić information content (AvgIpc) is 2.65. The molecular formula is C18H42BrClO6Ti2. The maximum absolute atomic E-state index is 6.80. The second kappa shape index (κ2) is 13.5. The van der Waals surface area contributed by atoms with Gasteiger partial charge in [0.15, 0.2) is 0 Å². The average molecular weight is 566 g/mol. The van der Waals surface area contributed by atoms with Crippen molar-refractivity contribution in [2.75, 3.05) is 39.6 Å². The molecule has 0 fully saturated rings. The van der Waals surface area contributed by atoms with Gasteiger partial charge in [-0.15, -0.1) is 0 Å². The summed E-state index contributed by atoms with van der Waals surface area (Å²) in [6, 6.07) is 0. The Labute approximate surface area is 193 Å². The molecule has 0 spiro atoms. The first-order valence-electron chi connectivity index (χ1n) is 10.6. The summed E-state index contributed by atoms with van der Waals surface area (Å²) >= 11 is -1.60. The van der Waals surface area contributed by atoms with E-state index in [1.807, 2.05) is 20.8 Å². The minimum absolute atomic E-state index is 0.256. The van der Waals surface area contributed by atoms with Crippen molar-refractivity contribution in [1.82, 2.24) is 0 Å². The van der Waals surface area contributed by atoms with Crippen LogP contribution in [0.5, 0.6) is 0 Å². The molecule has 0 aromatic heterocycles. The van der Waals surface area contributed by atoms with Crippen molar-refractivity contribution in [3.8, 4) is 0 Å². The number of rotatable bonds is 18. The molecule has 0 heterocycles. The SMILES string of the molecule is CCCC[O][Ti]([Br])([O]CC)([O]CC)([O]CC)([O]CCCC)[O]CCCC.[Cl][Ti].